The quantitative estimate of drug-likeness (QED) is 0.830. The summed E-state index contributed by atoms with van der Waals surface area (Å²) in [7, 11) is 1.71. The number of carboxylic acid groups (broad SMARTS) is 1. The molecule has 0 unspecified atom stereocenters. The summed E-state index contributed by atoms with van der Waals surface area (Å²) < 4.78 is 11.1. The fourth-order valence-electron chi connectivity index (χ4n) is 2.51. The number of nitrogens with zero attached hydrogens (tertiary/aromatic N) is 1. The second kappa shape index (κ2) is 8.08. The van der Waals surface area contributed by atoms with Gasteiger partial charge in [0.05, 0.1) is 18.3 Å². The maximum absolute atomic E-state index is 12.3. The van der Waals surface area contributed by atoms with Gasteiger partial charge in [-0.2, -0.15) is 0 Å². The standard InChI is InChI=1S/C17H23NO5/c1-12(23-11-15-4-3-9-22-15)16(19)18(2)10-13-5-7-14(8-6-13)17(20)21/h5-8,12,15H,3-4,9-11H2,1-2H3,(H,20,21)/t12-,15-/m1/s1. The van der Waals surface area contributed by atoms with Crippen molar-refractivity contribution in [3.05, 3.63) is 35.4 Å². The van der Waals surface area contributed by atoms with Gasteiger partial charge in [-0.3, -0.25) is 4.79 Å². The summed E-state index contributed by atoms with van der Waals surface area (Å²) in [6.07, 6.45) is 1.59. The number of carboxylic acids is 1. The van der Waals surface area contributed by atoms with Gasteiger partial charge >= 0.3 is 5.97 Å². The van der Waals surface area contributed by atoms with Crippen molar-refractivity contribution in [2.75, 3.05) is 20.3 Å². The van der Waals surface area contributed by atoms with Crippen molar-refractivity contribution in [2.45, 2.75) is 38.5 Å². The normalized spacial score (nSPS) is 18.6. The van der Waals surface area contributed by atoms with E-state index in [4.69, 9.17) is 14.6 Å². The number of hydrogen-bond acceptors (Lipinski definition) is 4. The second-order valence-electron chi connectivity index (χ2n) is 5.81. The highest BCUT2D eigenvalue weighted by Gasteiger charge is 2.22. The molecule has 1 aliphatic rings. The molecule has 0 saturated carbocycles. The smallest absolute Gasteiger partial charge is 0.335 e. The third-order valence-corrected chi connectivity index (χ3v) is 3.90. The molecule has 1 saturated heterocycles. The monoisotopic (exact) mass is 321 g/mol. The Bertz CT molecular complexity index is 536. The van der Waals surface area contributed by atoms with E-state index < -0.39 is 12.1 Å². The largest absolute Gasteiger partial charge is 0.478 e. The first-order valence-electron chi connectivity index (χ1n) is 7.78. The molecule has 0 bridgehead atoms. The number of rotatable bonds is 7. The molecule has 6 nitrogen and oxygen atoms in total. The molecule has 0 aliphatic carbocycles. The minimum atomic E-state index is -0.961. The number of aromatic carboxylic acids is 1. The van der Waals surface area contributed by atoms with Gasteiger partial charge in [0.2, 0.25) is 0 Å². The summed E-state index contributed by atoms with van der Waals surface area (Å²) in [6.45, 7) is 3.35. The number of carbonyl (C=O) groups excluding carboxylic acids is 1. The van der Waals surface area contributed by atoms with Gasteiger partial charge in [0.25, 0.3) is 5.91 Å². The van der Waals surface area contributed by atoms with Crippen molar-refractivity contribution in [1.82, 2.24) is 4.90 Å². The fourth-order valence-corrected chi connectivity index (χ4v) is 2.51. The summed E-state index contributed by atoms with van der Waals surface area (Å²) in [4.78, 5) is 24.7. The van der Waals surface area contributed by atoms with Crippen LogP contribution >= 0.6 is 0 Å². The van der Waals surface area contributed by atoms with Gasteiger partial charge in [-0.1, -0.05) is 12.1 Å². The van der Waals surface area contributed by atoms with E-state index >= 15 is 0 Å². The Morgan fingerprint density at radius 2 is 2.09 bits per heavy atom. The number of likely N-dealkylation sites (N-methyl/N-ethyl adjacent to an activating group) is 1. The van der Waals surface area contributed by atoms with Crippen molar-refractivity contribution in [3.8, 4) is 0 Å². The minimum Gasteiger partial charge on any atom is -0.478 e. The van der Waals surface area contributed by atoms with Gasteiger partial charge in [-0.15, -0.1) is 0 Å². The Hall–Kier alpha value is -1.92. The predicted molar refractivity (Wildman–Crippen MR) is 84.3 cm³/mol. The van der Waals surface area contributed by atoms with E-state index in [-0.39, 0.29) is 17.6 Å². The van der Waals surface area contributed by atoms with Crippen molar-refractivity contribution in [1.29, 1.82) is 0 Å². The zero-order valence-corrected chi connectivity index (χ0v) is 13.5. The molecule has 1 amide bonds. The molecule has 1 aromatic carbocycles. The number of amides is 1. The Balaban J connectivity index is 1.82. The lowest BCUT2D eigenvalue weighted by atomic mass is 10.1. The van der Waals surface area contributed by atoms with Crippen LogP contribution in [0, 0.1) is 0 Å². The van der Waals surface area contributed by atoms with Crippen LogP contribution in [-0.4, -0.2) is 54.4 Å². The third kappa shape index (κ3) is 5.04. The first kappa shape index (κ1) is 17.4. The molecule has 2 atom stereocenters. The van der Waals surface area contributed by atoms with E-state index in [1.54, 1.807) is 31.0 Å². The summed E-state index contributed by atoms with van der Waals surface area (Å²) >= 11 is 0. The van der Waals surface area contributed by atoms with Crippen LogP contribution in [0.2, 0.25) is 0 Å². The molecular weight excluding hydrogens is 298 g/mol. The van der Waals surface area contributed by atoms with Crippen LogP contribution in [0.5, 0.6) is 0 Å². The highest BCUT2D eigenvalue weighted by molar-refractivity contribution is 5.87. The molecule has 126 valence electrons. The molecule has 1 N–H and O–H groups in total. The Labute approximate surface area is 136 Å². The zero-order valence-electron chi connectivity index (χ0n) is 13.5. The first-order chi connectivity index (χ1) is 11.0. The van der Waals surface area contributed by atoms with Crippen LogP contribution in [-0.2, 0) is 20.8 Å². The Morgan fingerprint density at radius 1 is 1.39 bits per heavy atom. The van der Waals surface area contributed by atoms with Crippen molar-refractivity contribution < 1.29 is 24.2 Å². The first-order valence-corrected chi connectivity index (χ1v) is 7.78. The molecular formula is C17H23NO5. The van der Waals surface area contributed by atoms with Crippen LogP contribution in [0.1, 0.15) is 35.7 Å². The molecule has 1 heterocycles. The lowest BCUT2D eigenvalue weighted by Crippen LogP contribution is -2.37. The Morgan fingerprint density at radius 3 is 2.65 bits per heavy atom. The molecule has 2 rings (SSSR count). The maximum atomic E-state index is 12.3. The molecule has 6 heteroatoms. The molecule has 23 heavy (non-hydrogen) atoms. The van der Waals surface area contributed by atoms with E-state index in [1.165, 1.54) is 12.1 Å². The number of carbonyl (C=O) groups is 2. The molecule has 0 spiro atoms. The van der Waals surface area contributed by atoms with Gasteiger partial charge in [0, 0.05) is 20.2 Å². The number of hydrogen-bond donors (Lipinski definition) is 1. The van der Waals surface area contributed by atoms with Crippen molar-refractivity contribution in [3.63, 3.8) is 0 Å². The third-order valence-electron chi connectivity index (χ3n) is 3.90. The fraction of sp³-hybridized carbons (Fsp3) is 0.529. The van der Waals surface area contributed by atoms with Gasteiger partial charge < -0.3 is 19.5 Å². The summed E-state index contributed by atoms with van der Waals surface area (Å²) in [5.41, 5.74) is 1.10. The lowest BCUT2D eigenvalue weighted by molar-refractivity contribution is -0.143. The average Bonchev–Trinajstić information content (AvgIpc) is 3.05. The van der Waals surface area contributed by atoms with E-state index in [1.807, 2.05) is 0 Å². The second-order valence-corrected chi connectivity index (χ2v) is 5.81. The minimum absolute atomic E-state index is 0.0964. The van der Waals surface area contributed by atoms with Gasteiger partial charge in [-0.25, -0.2) is 4.79 Å². The van der Waals surface area contributed by atoms with Crippen LogP contribution in [0.3, 0.4) is 0 Å². The average molecular weight is 321 g/mol. The molecule has 1 aliphatic heterocycles. The van der Waals surface area contributed by atoms with Crippen LogP contribution in [0.15, 0.2) is 24.3 Å². The molecule has 0 aromatic heterocycles. The van der Waals surface area contributed by atoms with E-state index in [0.29, 0.717) is 13.2 Å². The molecule has 0 radical (unpaired) electrons. The Kier molecular flexibility index (Phi) is 6.12. The van der Waals surface area contributed by atoms with Crippen LogP contribution in [0.25, 0.3) is 0 Å². The maximum Gasteiger partial charge on any atom is 0.335 e. The van der Waals surface area contributed by atoms with E-state index in [0.717, 1.165) is 25.0 Å². The van der Waals surface area contributed by atoms with E-state index in [2.05, 4.69) is 0 Å². The summed E-state index contributed by atoms with van der Waals surface area (Å²) in [5, 5.41) is 8.88. The van der Waals surface area contributed by atoms with Crippen LogP contribution in [0.4, 0.5) is 0 Å². The predicted octanol–water partition coefficient (Wildman–Crippen LogP) is 1.93. The van der Waals surface area contributed by atoms with Crippen LogP contribution < -0.4 is 0 Å². The van der Waals surface area contributed by atoms with Crippen molar-refractivity contribution >= 4 is 11.9 Å². The number of ether oxygens (including phenoxy) is 2. The molecule has 1 aromatic rings. The van der Waals surface area contributed by atoms with Crippen molar-refractivity contribution in [2.24, 2.45) is 0 Å². The lowest BCUT2D eigenvalue weighted by Gasteiger charge is -2.22. The van der Waals surface area contributed by atoms with E-state index in [9.17, 15) is 9.59 Å². The van der Waals surface area contributed by atoms with Gasteiger partial charge in [0.1, 0.15) is 6.10 Å². The summed E-state index contributed by atoms with van der Waals surface area (Å²) in [6, 6.07) is 6.50. The number of benzene rings is 1. The highest BCUT2D eigenvalue weighted by Crippen LogP contribution is 2.14. The highest BCUT2D eigenvalue weighted by atomic mass is 16.5. The zero-order chi connectivity index (χ0) is 16.8. The SMILES string of the molecule is C[C@@H](OC[C@H]1CCCO1)C(=O)N(C)Cc1ccc(C(=O)O)cc1. The van der Waals surface area contributed by atoms with Gasteiger partial charge in [0.15, 0.2) is 0 Å². The van der Waals surface area contributed by atoms with Gasteiger partial charge in [-0.05, 0) is 37.5 Å². The summed E-state index contributed by atoms with van der Waals surface area (Å²) in [5.74, 6) is -1.07. The molecule has 1 fully saturated rings. The topological polar surface area (TPSA) is 76.1 Å².